The molecule has 2 N–H and O–H groups in total. The minimum Gasteiger partial charge on any atom is -0.423 e. The standard InChI is InChI=1S/C30H27BCl3N3O4/c1-29(2)20-8-6-17(13-21(20)31(39)40-29)10-11-35-28(38)26-9-7-19(25-5-4-12-37(25)26)24-16-30(3,41-36-24)18-14-22(32)27(34)23(33)15-18/h4-9,12-15,39H,10-11,16H2,1-3H3,(H,35,38). The molecule has 0 bridgehead atoms. The Bertz CT molecular complexity index is 1710. The molecule has 1 amide bonds. The first-order chi connectivity index (χ1) is 19.5. The number of rotatable bonds is 6. The number of carbonyl (C=O) groups excluding carboxylic acids is 1. The summed E-state index contributed by atoms with van der Waals surface area (Å²) in [6.07, 6.45) is 2.95. The largest absolute Gasteiger partial charge is 0.492 e. The smallest absolute Gasteiger partial charge is 0.423 e. The second-order valence-corrected chi connectivity index (χ2v) is 12.3. The van der Waals surface area contributed by atoms with Crippen LogP contribution in [0.15, 0.2) is 65.9 Å². The highest BCUT2D eigenvalue weighted by Crippen LogP contribution is 2.41. The van der Waals surface area contributed by atoms with Gasteiger partial charge in [0.1, 0.15) is 5.69 Å². The SMILES string of the molecule is CC1(C)OB(O)c2cc(CCNC(=O)c3ccc(C4=NOC(C)(c5cc(Cl)c(Cl)c(Cl)c5)C4)c4cccn34)ccc21. The predicted octanol–water partition coefficient (Wildman–Crippen LogP) is 5.86. The molecule has 0 aliphatic carbocycles. The summed E-state index contributed by atoms with van der Waals surface area (Å²) in [5.41, 5.74) is 5.19. The molecule has 2 aromatic carbocycles. The first-order valence-corrected chi connectivity index (χ1v) is 14.4. The Balaban J connectivity index is 1.16. The first kappa shape index (κ1) is 28.1. The molecule has 210 valence electrons. The van der Waals surface area contributed by atoms with Crippen LogP contribution in [0, 0.1) is 0 Å². The lowest BCUT2D eigenvalue weighted by Crippen LogP contribution is -2.30. The minimum absolute atomic E-state index is 0.191. The molecule has 6 rings (SSSR count). The van der Waals surface area contributed by atoms with Gasteiger partial charge < -0.3 is 24.2 Å². The molecule has 0 saturated heterocycles. The molecule has 2 aliphatic rings. The second kappa shape index (κ2) is 10.4. The molecular weight excluding hydrogens is 584 g/mol. The van der Waals surface area contributed by atoms with Crippen molar-refractivity contribution in [2.45, 2.75) is 44.8 Å². The number of benzene rings is 2. The van der Waals surface area contributed by atoms with Crippen molar-refractivity contribution in [1.29, 1.82) is 0 Å². The topological polar surface area (TPSA) is 84.6 Å². The molecule has 41 heavy (non-hydrogen) atoms. The predicted molar refractivity (Wildman–Crippen MR) is 163 cm³/mol. The van der Waals surface area contributed by atoms with Crippen LogP contribution in [-0.2, 0) is 27.1 Å². The van der Waals surface area contributed by atoms with Crippen molar-refractivity contribution < 1.29 is 19.3 Å². The molecule has 0 saturated carbocycles. The highest BCUT2D eigenvalue weighted by molar-refractivity contribution is 6.62. The number of oxime groups is 1. The summed E-state index contributed by atoms with van der Waals surface area (Å²) in [5.74, 6) is -0.191. The molecule has 0 fully saturated rings. The maximum atomic E-state index is 13.2. The molecule has 7 nitrogen and oxygen atoms in total. The van der Waals surface area contributed by atoms with Gasteiger partial charge in [-0.3, -0.25) is 4.79 Å². The molecule has 11 heteroatoms. The monoisotopic (exact) mass is 609 g/mol. The third-order valence-electron chi connectivity index (χ3n) is 7.83. The normalized spacial score (nSPS) is 19.3. The van der Waals surface area contributed by atoms with E-state index in [1.165, 1.54) is 0 Å². The van der Waals surface area contributed by atoms with Gasteiger partial charge in [0.15, 0.2) is 5.60 Å². The fraction of sp³-hybridized carbons (Fsp3) is 0.267. The Morgan fingerprint density at radius 1 is 1.10 bits per heavy atom. The molecular formula is C30H27BCl3N3O4. The van der Waals surface area contributed by atoms with Gasteiger partial charge in [0.2, 0.25) is 0 Å². The third kappa shape index (κ3) is 5.02. The highest BCUT2D eigenvalue weighted by Gasteiger charge is 2.40. The molecule has 2 aromatic heterocycles. The Labute approximate surface area is 253 Å². The summed E-state index contributed by atoms with van der Waals surface area (Å²) in [6.45, 7) is 6.23. The number of hydrogen-bond donors (Lipinski definition) is 2. The van der Waals surface area contributed by atoms with Crippen molar-refractivity contribution in [3.8, 4) is 0 Å². The van der Waals surface area contributed by atoms with Crippen LogP contribution in [0.4, 0.5) is 0 Å². The zero-order valence-electron chi connectivity index (χ0n) is 22.7. The van der Waals surface area contributed by atoms with E-state index in [0.29, 0.717) is 40.1 Å². The van der Waals surface area contributed by atoms with Gasteiger partial charge in [-0.25, -0.2) is 0 Å². The zero-order valence-corrected chi connectivity index (χ0v) is 24.9. The Morgan fingerprint density at radius 2 is 1.85 bits per heavy atom. The van der Waals surface area contributed by atoms with E-state index in [0.717, 1.165) is 38.9 Å². The van der Waals surface area contributed by atoms with Gasteiger partial charge in [-0.2, -0.15) is 0 Å². The van der Waals surface area contributed by atoms with Crippen LogP contribution < -0.4 is 10.8 Å². The lowest BCUT2D eigenvalue weighted by molar-refractivity contribution is -0.00737. The average molecular weight is 611 g/mol. The number of fused-ring (bicyclic) bond motifs is 2. The quantitative estimate of drug-likeness (QED) is 0.212. The molecule has 0 spiro atoms. The van der Waals surface area contributed by atoms with Crippen LogP contribution in [0.2, 0.25) is 15.1 Å². The van der Waals surface area contributed by atoms with Crippen LogP contribution in [0.3, 0.4) is 0 Å². The van der Waals surface area contributed by atoms with E-state index in [4.69, 9.17) is 44.3 Å². The summed E-state index contributed by atoms with van der Waals surface area (Å²) in [5, 5.41) is 18.7. The zero-order chi connectivity index (χ0) is 29.1. The summed E-state index contributed by atoms with van der Waals surface area (Å²) in [7, 11) is -0.940. The maximum absolute atomic E-state index is 13.2. The molecule has 2 aliphatic heterocycles. The fourth-order valence-corrected chi connectivity index (χ4v) is 6.20. The van der Waals surface area contributed by atoms with E-state index >= 15 is 0 Å². The van der Waals surface area contributed by atoms with E-state index in [-0.39, 0.29) is 5.91 Å². The van der Waals surface area contributed by atoms with Crippen LogP contribution in [0.5, 0.6) is 0 Å². The van der Waals surface area contributed by atoms with Gasteiger partial charge in [-0.05, 0) is 80.2 Å². The van der Waals surface area contributed by atoms with Crippen LogP contribution in [0.25, 0.3) is 5.52 Å². The Morgan fingerprint density at radius 3 is 2.61 bits per heavy atom. The van der Waals surface area contributed by atoms with E-state index in [9.17, 15) is 9.82 Å². The van der Waals surface area contributed by atoms with Crippen LogP contribution >= 0.6 is 34.8 Å². The van der Waals surface area contributed by atoms with Gasteiger partial charge in [0.25, 0.3) is 5.91 Å². The van der Waals surface area contributed by atoms with Gasteiger partial charge in [0.05, 0.1) is 31.9 Å². The summed E-state index contributed by atoms with van der Waals surface area (Å²) < 4.78 is 7.50. The van der Waals surface area contributed by atoms with Gasteiger partial charge in [-0.15, -0.1) is 0 Å². The Hall–Kier alpha value is -3.01. The number of carbonyl (C=O) groups is 1. The minimum atomic E-state index is -0.940. The molecule has 4 aromatic rings. The van der Waals surface area contributed by atoms with Crippen molar-refractivity contribution >= 4 is 64.5 Å². The lowest BCUT2D eigenvalue weighted by atomic mass is 9.77. The molecule has 1 unspecified atom stereocenters. The number of aromatic nitrogens is 1. The van der Waals surface area contributed by atoms with E-state index in [2.05, 4.69) is 10.5 Å². The summed E-state index contributed by atoms with van der Waals surface area (Å²) >= 11 is 18.7. The summed E-state index contributed by atoms with van der Waals surface area (Å²) in [6, 6.07) is 17.0. The van der Waals surface area contributed by atoms with Crippen LogP contribution in [-0.4, -0.2) is 34.7 Å². The Kier molecular flexibility index (Phi) is 7.11. The average Bonchev–Trinajstić information content (AvgIpc) is 3.63. The lowest BCUT2D eigenvalue weighted by Gasteiger charge is -2.23. The van der Waals surface area contributed by atoms with Crippen molar-refractivity contribution in [3.05, 3.63) is 104 Å². The molecule has 1 atom stereocenters. The van der Waals surface area contributed by atoms with Crippen molar-refractivity contribution in [3.63, 3.8) is 0 Å². The molecule has 4 heterocycles. The van der Waals surface area contributed by atoms with E-state index in [1.807, 2.05) is 67.8 Å². The van der Waals surface area contributed by atoms with Gasteiger partial charge in [0, 0.05) is 30.3 Å². The first-order valence-electron chi connectivity index (χ1n) is 13.2. The number of hydrogen-bond acceptors (Lipinski definition) is 5. The van der Waals surface area contributed by atoms with E-state index in [1.54, 1.807) is 18.2 Å². The number of pyridine rings is 1. The van der Waals surface area contributed by atoms with Gasteiger partial charge in [-0.1, -0.05) is 58.2 Å². The number of nitrogens with one attached hydrogen (secondary N) is 1. The summed E-state index contributed by atoms with van der Waals surface area (Å²) in [4.78, 5) is 19.1. The number of halogens is 3. The van der Waals surface area contributed by atoms with Crippen molar-refractivity contribution in [2.75, 3.05) is 6.54 Å². The highest BCUT2D eigenvalue weighted by atomic mass is 35.5. The van der Waals surface area contributed by atoms with Crippen LogP contribution in [0.1, 0.15) is 59.9 Å². The number of amides is 1. The van der Waals surface area contributed by atoms with Crippen molar-refractivity contribution in [2.24, 2.45) is 5.16 Å². The number of nitrogens with zero attached hydrogens (tertiary/aromatic N) is 2. The molecule has 0 radical (unpaired) electrons. The second-order valence-electron chi connectivity index (χ2n) is 11.1. The third-order valence-corrected chi connectivity index (χ3v) is 9.03. The van der Waals surface area contributed by atoms with Gasteiger partial charge >= 0.3 is 7.12 Å². The van der Waals surface area contributed by atoms with Crippen molar-refractivity contribution in [1.82, 2.24) is 9.72 Å². The maximum Gasteiger partial charge on any atom is 0.492 e. The fourth-order valence-electron chi connectivity index (χ4n) is 5.60. The van der Waals surface area contributed by atoms with E-state index < -0.39 is 18.3 Å².